The largest absolute Gasteiger partial charge is 0.478 e. The lowest BCUT2D eigenvalue weighted by Gasteiger charge is -2.32. The Kier molecular flexibility index (Phi) is 6.94. The molecule has 7 heteroatoms. The third-order valence-electron chi connectivity index (χ3n) is 7.05. The van der Waals surface area contributed by atoms with E-state index in [0.717, 1.165) is 47.5 Å². The van der Waals surface area contributed by atoms with Gasteiger partial charge in [0.1, 0.15) is 5.82 Å². The summed E-state index contributed by atoms with van der Waals surface area (Å²) in [7, 11) is 0. The van der Waals surface area contributed by atoms with E-state index in [9.17, 15) is 9.59 Å². The Morgan fingerprint density at radius 2 is 1.57 bits per heavy atom. The van der Waals surface area contributed by atoms with E-state index in [2.05, 4.69) is 51.3 Å². The van der Waals surface area contributed by atoms with Crippen molar-refractivity contribution < 1.29 is 14.7 Å². The van der Waals surface area contributed by atoms with E-state index in [1.165, 1.54) is 18.4 Å². The summed E-state index contributed by atoms with van der Waals surface area (Å²) in [6.45, 7) is 2.08. The average Bonchev–Trinajstić information content (AvgIpc) is 3.57. The molecule has 0 unspecified atom stereocenters. The summed E-state index contributed by atoms with van der Waals surface area (Å²) in [5.41, 5.74) is 9.32. The van der Waals surface area contributed by atoms with E-state index >= 15 is 0 Å². The predicted molar refractivity (Wildman–Crippen MR) is 147 cm³/mol. The van der Waals surface area contributed by atoms with Gasteiger partial charge in [0.25, 0.3) is 5.91 Å². The molecule has 5 N–H and O–H groups in total. The molecule has 1 saturated heterocycles. The number of carbonyl (C=O) groups is 2. The van der Waals surface area contributed by atoms with Crippen LogP contribution in [0.4, 0.5) is 5.82 Å². The molecule has 0 aliphatic carbocycles. The fourth-order valence-electron chi connectivity index (χ4n) is 5.11. The number of nitrogens with zero attached hydrogens (tertiary/aromatic N) is 1. The lowest BCUT2D eigenvalue weighted by molar-refractivity contribution is 0.0698. The number of hydrogen-bond acceptors (Lipinski definition) is 3. The van der Waals surface area contributed by atoms with Crippen LogP contribution in [-0.2, 0) is 6.42 Å². The van der Waals surface area contributed by atoms with Gasteiger partial charge < -0.3 is 25.7 Å². The van der Waals surface area contributed by atoms with Crippen LogP contribution in [0.25, 0.3) is 21.8 Å². The normalized spacial score (nSPS) is 13.9. The number of aromatic carboxylic acids is 1. The minimum atomic E-state index is -0.900. The summed E-state index contributed by atoms with van der Waals surface area (Å²) < 4.78 is 0. The molecule has 1 aliphatic heterocycles. The van der Waals surface area contributed by atoms with Crippen LogP contribution >= 0.6 is 0 Å². The van der Waals surface area contributed by atoms with Gasteiger partial charge in [-0.05, 0) is 55.0 Å². The molecule has 1 amide bonds. The molecule has 1 aliphatic rings. The van der Waals surface area contributed by atoms with Crippen molar-refractivity contribution >= 4 is 39.5 Å². The van der Waals surface area contributed by atoms with Gasteiger partial charge in [0.2, 0.25) is 0 Å². The van der Waals surface area contributed by atoms with Crippen molar-refractivity contribution in [3.8, 4) is 0 Å². The Bertz CT molecular complexity index is 1530. The number of H-pyrrole nitrogens is 2. The third-order valence-corrected chi connectivity index (χ3v) is 7.05. The SMILES string of the molecule is NC(=O)c1cccc2cc(N3CCC(Cc4ccccc4)CC3)[nH]c12.O=C(O)c1cccc2cc[nH]c12. The number of nitrogens with one attached hydrogen (secondary N) is 2. The highest BCUT2D eigenvalue weighted by atomic mass is 16.4. The van der Waals surface area contributed by atoms with Crippen LogP contribution in [-0.4, -0.2) is 40.0 Å². The first-order valence-corrected chi connectivity index (χ1v) is 12.5. The van der Waals surface area contributed by atoms with Crippen LogP contribution in [0, 0.1) is 5.92 Å². The number of anilines is 1. The molecule has 0 bridgehead atoms. The third kappa shape index (κ3) is 5.35. The minimum absolute atomic E-state index is 0.317. The second-order valence-corrected chi connectivity index (χ2v) is 9.46. The lowest BCUT2D eigenvalue weighted by Crippen LogP contribution is -2.34. The molecule has 7 nitrogen and oxygen atoms in total. The maximum atomic E-state index is 11.6. The molecule has 188 valence electrons. The molecule has 5 aromatic rings. The van der Waals surface area contributed by atoms with Crippen LogP contribution in [0.1, 0.15) is 39.1 Å². The summed E-state index contributed by atoms with van der Waals surface area (Å²) in [6.07, 6.45) is 5.27. The van der Waals surface area contributed by atoms with Gasteiger partial charge in [0.05, 0.1) is 22.2 Å². The Hall–Kier alpha value is -4.52. The number of carbonyl (C=O) groups excluding carboxylic acids is 1. The van der Waals surface area contributed by atoms with Gasteiger partial charge in [-0.15, -0.1) is 0 Å². The Morgan fingerprint density at radius 3 is 2.27 bits per heavy atom. The van der Waals surface area contributed by atoms with Crippen molar-refractivity contribution in [1.29, 1.82) is 0 Å². The van der Waals surface area contributed by atoms with Crippen LogP contribution in [0.5, 0.6) is 0 Å². The number of fused-ring (bicyclic) bond motifs is 2. The highest BCUT2D eigenvalue weighted by molar-refractivity contribution is 6.06. The second kappa shape index (κ2) is 10.6. The molecule has 1 fully saturated rings. The van der Waals surface area contributed by atoms with Gasteiger partial charge >= 0.3 is 5.97 Å². The van der Waals surface area contributed by atoms with Gasteiger partial charge in [0.15, 0.2) is 0 Å². The lowest BCUT2D eigenvalue weighted by atomic mass is 9.90. The standard InChI is InChI=1S/C21H23N3O.C9H7NO2/c22-21(25)18-8-4-7-17-14-19(23-20(17)18)24-11-9-16(10-12-24)13-15-5-2-1-3-6-15;11-9(12)7-3-1-2-6-4-5-10-8(6)7/h1-8,14,16,23H,9-13H2,(H2,22,25);1-5,10H,(H,11,12). The van der Waals surface area contributed by atoms with Crippen molar-refractivity contribution in [2.45, 2.75) is 19.3 Å². The van der Waals surface area contributed by atoms with Gasteiger partial charge in [-0.1, -0.05) is 54.6 Å². The molecule has 37 heavy (non-hydrogen) atoms. The maximum absolute atomic E-state index is 11.6. The van der Waals surface area contributed by atoms with Gasteiger partial charge in [-0.2, -0.15) is 0 Å². The monoisotopic (exact) mass is 494 g/mol. The molecule has 0 spiro atoms. The topological polar surface area (TPSA) is 115 Å². The van der Waals surface area contributed by atoms with Crippen molar-refractivity contribution in [1.82, 2.24) is 9.97 Å². The van der Waals surface area contributed by atoms with E-state index in [1.54, 1.807) is 24.4 Å². The highest BCUT2D eigenvalue weighted by Crippen LogP contribution is 2.29. The molecular weight excluding hydrogens is 464 g/mol. The summed E-state index contributed by atoms with van der Waals surface area (Å²) in [4.78, 5) is 31.0. The summed E-state index contributed by atoms with van der Waals surface area (Å²) in [5.74, 6) is 0.537. The number of primary amides is 1. The fourth-order valence-corrected chi connectivity index (χ4v) is 5.11. The number of nitrogens with two attached hydrogens (primary N) is 1. The summed E-state index contributed by atoms with van der Waals surface area (Å²) >= 11 is 0. The molecule has 3 aromatic carbocycles. The second-order valence-electron chi connectivity index (χ2n) is 9.46. The molecule has 0 saturated carbocycles. The summed E-state index contributed by atoms with van der Waals surface area (Å²) in [6, 6.07) is 25.6. The van der Waals surface area contributed by atoms with Gasteiger partial charge in [-0.25, -0.2) is 4.79 Å². The molecule has 0 radical (unpaired) electrons. The predicted octanol–water partition coefficient (Wildman–Crippen LogP) is 5.59. The van der Waals surface area contributed by atoms with Gasteiger partial charge in [0, 0.05) is 30.1 Å². The van der Waals surface area contributed by atoms with Crippen molar-refractivity contribution in [3.63, 3.8) is 0 Å². The highest BCUT2D eigenvalue weighted by Gasteiger charge is 2.21. The minimum Gasteiger partial charge on any atom is -0.478 e. The number of carboxylic acid groups (broad SMARTS) is 1. The quantitative estimate of drug-likeness (QED) is 0.255. The van der Waals surface area contributed by atoms with Crippen molar-refractivity contribution in [2.75, 3.05) is 18.0 Å². The zero-order valence-electron chi connectivity index (χ0n) is 20.5. The van der Waals surface area contributed by atoms with Crippen LogP contribution in [0.3, 0.4) is 0 Å². The number of amides is 1. The van der Waals surface area contributed by atoms with E-state index in [-0.39, 0.29) is 5.91 Å². The molecule has 2 aromatic heterocycles. The molecule has 3 heterocycles. The maximum Gasteiger partial charge on any atom is 0.337 e. The first-order valence-electron chi connectivity index (χ1n) is 12.5. The van der Waals surface area contributed by atoms with E-state index in [1.807, 2.05) is 24.3 Å². The first kappa shape index (κ1) is 24.2. The number of rotatable bonds is 5. The number of carboxylic acids is 1. The van der Waals surface area contributed by atoms with Gasteiger partial charge in [-0.3, -0.25) is 4.79 Å². The molecular formula is C30H30N4O3. The van der Waals surface area contributed by atoms with Crippen molar-refractivity contribution in [3.05, 3.63) is 102 Å². The number of piperidine rings is 1. The smallest absolute Gasteiger partial charge is 0.337 e. The van der Waals surface area contributed by atoms with E-state index in [4.69, 9.17) is 10.8 Å². The Labute approximate surface area is 214 Å². The number of benzene rings is 3. The molecule has 6 rings (SSSR count). The summed E-state index contributed by atoms with van der Waals surface area (Å²) in [5, 5.41) is 10.7. The number of hydrogen-bond donors (Lipinski definition) is 4. The zero-order valence-corrected chi connectivity index (χ0v) is 20.5. The van der Waals surface area contributed by atoms with Crippen LogP contribution in [0.2, 0.25) is 0 Å². The Balaban J connectivity index is 0.000000195. The number of aromatic nitrogens is 2. The number of aromatic amines is 2. The van der Waals surface area contributed by atoms with Crippen LogP contribution in [0.15, 0.2) is 85.1 Å². The Morgan fingerprint density at radius 1 is 0.865 bits per heavy atom. The van der Waals surface area contributed by atoms with E-state index in [0.29, 0.717) is 16.6 Å². The fraction of sp³-hybridized carbons (Fsp3) is 0.200. The average molecular weight is 495 g/mol. The molecule has 0 atom stereocenters. The van der Waals surface area contributed by atoms with E-state index < -0.39 is 5.97 Å². The first-order chi connectivity index (χ1) is 18.0. The zero-order chi connectivity index (χ0) is 25.8. The van der Waals surface area contributed by atoms with Crippen LogP contribution < -0.4 is 10.6 Å². The van der Waals surface area contributed by atoms with Crippen molar-refractivity contribution in [2.24, 2.45) is 11.7 Å². The number of para-hydroxylation sites is 2.